The van der Waals surface area contributed by atoms with E-state index < -0.39 is 0 Å². The summed E-state index contributed by atoms with van der Waals surface area (Å²) in [5.74, 6) is 0.0728. The highest BCUT2D eigenvalue weighted by Crippen LogP contribution is 2.20. The van der Waals surface area contributed by atoms with Crippen LogP contribution in [0.25, 0.3) is 0 Å². The van der Waals surface area contributed by atoms with Crippen molar-refractivity contribution < 1.29 is 9.59 Å². The summed E-state index contributed by atoms with van der Waals surface area (Å²) < 4.78 is 0. The second-order valence-corrected chi connectivity index (χ2v) is 5.92. The van der Waals surface area contributed by atoms with Crippen LogP contribution in [0.5, 0.6) is 0 Å². The molecule has 0 radical (unpaired) electrons. The van der Waals surface area contributed by atoms with E-state index >= 15 is 0 Å². The first-order valence-electron chi connectivity index (χ1n) is 8.00. The van der Waals surface area contributed by atoms with Crippen LogP contribution < -0.4 is 11.1 Å². The smallest absolute Gasteiger partial charge is 0.253 e. The summed E-state index contributed by atoms with van der Waals surface area (Å²) in [5, 5.41) is 2.84. The van der Waals surface area contributed by atoms with Gasteiger partial charge in [0.15, 0.2) is 0 Å². The van der Waals surface area contributed by atoms with Crippen molar-refractivity contribution >= 4 is 23.3 Å². The van der Waals surface area contributed by atoms with Gasteiger partial charge in [-0.3, -0.25) is 9.59 Å². The standard InChI is InChI=1S/C18H20N4O2/c19-16-9-8-15(11-20-16)21-17(23)14-7-4-10-22(12-14)18(24)13-5-2-1-3-6-13/h1-3,5-6,8-9,11,14H,4,7,10,12H2,(H2,19,20)(H,21,23). The van der Waals surface area contributed by atoms with Gasteiger partial charge in [-0.15, -0.1) is 0 Å². The molecule has 1 aromatic carbocycles. The van der Waals surface area contributed by atoms with Gasteiger partial charge in [0.25, 0.3) is 5.91 Å². The Labute approximate surface area is 140 Å². The SMILES string of the molecule is Nc1ccc(NC(=O)C2CCCN(C(=O)c3ccccc3)C2)cn1. The number of nitrogens with zero attached hydrogens (tertiary/aromatic N) is 2. The Hall–Kier alpha value is -2.89. The number of aromatic nitrogens is 1. The molecule has 1 aliphatic rings. The first kappa shape index (κ1) is 16.0. The van der Waals surface area contributed by atoms with Gasteiger partial charge >= 0.3 is 0 Å². The summed E-state index contributed by atoms with van der Waals surface area (Å²) in [6.45, 7) is 1.11. The van der Waals surface area contributed by atoms with Gasteiger partial charge in [-0.2, -0.15) is 0 Å². The maximum atomic E-state index is 12.5. The second-order valence-electron chi connectivity index (χ2n) is 5.92. The fourth-order valence-electron chi connectivity index (χ4n) is 2.86. The second kappa shape index (κ2) is 7.12. The van der Waals surface area contributed by atoms with Crippen molar-refractivity contribution in [2.75, 3.05) is 24.1 Å². The summed E-state index contributed by atoms with van der Waals surface area (Å²) in [6.07, 6.45) is 3.12. The topological polar surface area (TPSA) is 88.3 Å². The van der Waals surface area contributed by atoms with E-state index in [9.17, 15) is 9.59 Å². The van der Waals surface area contributed by atoms with Crippen molar-refractivity contribution in [3.63, 3.8) is 0 Å². The molecule has 1 aliphatic heterocycles. The highest BCUT2D eigenvalue weighted by atomic mass is 16.2. The van der Waals surface area contributed by atoms with E-state index in [1.807, 2.05) is 18.2 Å². The minimum absolute atomic E-state index is 0.0257. The number of amides is 2. The third kappa shape index (κ3) is 3.71. The molecule has 1 saturated heterocycles. The van der Waals surface area contributed by atoms with Gasteiger partial charge in [-0.1, -0.05) is 18.2 Å². The number of carbonyl (C=O) groups excluding carboxylic acids is 2. The van der Waals surface area contributed by atoms with E-state index in [-0.39, 0.29) is 17.7 Å². The zero-order valence-corrected chi connectivity index (χ0v) is 13.3. The van der Waals surface area contributed by atoms with Crippen LogP contribution >= 0.6 is 0 Å². The molecule has 1 aromatic heterocycles. The molecule has 2 heterocycles. The zero-order chi connectivity index (χ0) is 16.9. The number of pyridine rings is 1. The van der Waals surface area contributed by atoms with Gasteiger partial charge in [0.1, 0.15) is 5.82 Å². The highest BCUT2D eigenvalue weighted by Gasteiger charge is 2.28. The molecule has 1 fully saturated rings. The van der Waals surface area contributed by atoms with E-state index in [0.717, 1.165) is 12.8 Å². The van der Waals surface area contributed by atoms with Gasteiger partial charge in [0, 0.05) is 18.7 Å². The molecule has 2 aromatic rings. The molecule has 2 amide bonds. The van der Waals surface area contributed by atoms with Crippen molar-refractivity contribution in [3.8, 4) is 0 Å². The summed E-state index contributed by atoms with van der Waals surface area (Å²) in [6, 6.07) is 12.5. The molecular weight excluding hydrogens is 304 g/mol. The number of carbonyl (C=O) groups is 2. The fourth-order valence-corrected chi connectivity index (χ4v) is 2.86. The largest absolute Gasteiger partial charge is 0.384 e. The molecule has 0 aliphatic carbocycles. The van der Waals surface area contributed by atoms with Gasteiger partial charge in [-0.25, -0.2) is 4.98 Å². The van der Waals surface area contributed by atoms with E-state index in [1.165, 1.54) is 6.20 Å². The van der Waals surface area contributed by atoms with E-state index in [2.05, 4.69) is 10.3 Å². The van der Waals surface area contributed by atoms with Crippen LogP contribution in [0.4, 0.5) is 11.5 Å². The predicted molar refractivity (Wildman–Crippen MR) is 92.3 cm³/mol. The molecule has 24 heavy (non-hydrogen) atoms. The highest BCUT2D eigenvalue weighted by molar-refractivity contribution is 5.96. The Balaban J connectivity index is 1.63. The normalized spacial score (nSPS) is 17.3. The van der Waals surface area contributed by atoms with Crippen molar-refractivity contribution in [1.29, 1.82) is 0 Å². The molecule has 1 unspecified atom stereocenters. The number of hydrogen-bond acceptors (Lipinski definition) is 4. The molecule has 124 valence electrons. The van der Waals surface area contributed by atoms with Crippen LogP contribution in [0.2, 0.25) is 0 Å². The molecule has 6 nitrogen and oxygen atoms in total. The molecule has 3 rings (SSSR count). The summed E-state index contributed by atoms with van der Waals surface area (Å²) in [7, 11) is 0. The minimum atomic E-state index is -0.219. The lowest BCUT2D eigenvalue weighted by Gasteiger charge is -2.32. The van der Waals surface area contributed by atoms with Crippen LogP contribution in [0.3, 0.4) is 0 Å². The van der Waals surface area contributed by atoms with Crippen LogP contribution in [0, 0.1) is 5.92 Å². The molecule has 1 atom stereocenters. The maximum Gasteiger partial charge on any atom is 0.253 e. The Morgan fingerprint density at radius 3 is 2.67 bits per heavy atom. The van der Waals surface area contributed by atoms with Crippen LogP contribution in [-0.2, 0) is 4.79 Å². The van der Waals surface area contributed by atoms with E-state index in [4.69, 9.17) is 5.73 Å². The third-order valence-electron chi connectivity index (χ3n) is 4.15. The molecular formula is C18H20N4O2. The number of anilines is 2. The molecule has 0 saturated carbocycles. The van der Waals surface area contributed by atoms with Crippen molar-refractivity contribution in [2.24, 2.45) is 5.92 Å². The van der Waals surface area contributed by atoms with Crippen molar-refractivity contribution in [1.82, 2.24) is 9.88 Å². The van der Waals surface area contributed by atoms with E-state index in [1.54, 1.807) is 29.2 Å². The fraction of sp³-hybridized carbons (Fsp3) is 0.278. The lowest BCUT2D eigenvalue weighted by molar-refractivity contribution is -0.121. The Bertz CT molecular complexity index is 716. The van der Waals surface area contributed by atoms with Crippen LogP contribution in [0.1, 0.15) is 23.2 Å². The first-order valence-corrected chi connectivity index (χ1v) is 8.00. The lowest BCUT2D eigenvalue weighted by atomic mass is 9.96. The number of nitrogens with one attached hydrogen (secondary N) is 1. The van der Waals surface area contributed by atoms with Crippen molar-refractivity contribution in [3.05, 3.63) is 54.2 Å². The summed E-state index contributed by atoms with van der Waals surface area (Å²) >= 11 is 0. The molecule has 0 bridgehead atoms. The van der Waals surface area contributed by atoms with Gasteiger partial charge in [-0.05, 0) is 37.1 Å². The summed E-state index contributed by atoms with van der Waals surface area (Å²) in [4.78, 5) is 30.7. The Kier molecular flexibility index (Phi) is 4.74. The monoisotopic (exact) mass is 324 g/mol. The molecule has 3 N–H and O–H groups in total. The lowest BCUT2D eigenvalue weighted by Crippen LogP contribution is -2.43. The Morgan fingerprint density at radius 1 is 1.17 bits per heavy atom. The number of likely N-dealkylation sites (tertiary alicyclic amines) is 1. The minimum Gasteiger partial charge on any atom is -0.384 e. The molecule has 0 spiro atoms. The quantitative estimate of drug-likeness (QED) is 0.905. The number of nitrogens with two attached hydrogens (primary N) is 1. The van der Waals surface area contributed by atoms with E-state index in [0.29, 0.717) is 30.2 Å². The van der Waals surface area contributed by atoms with Crippen LogP contribution in [-0.4, -0.2) is 34.8 Å². The average molecular weight is 324 g/mol. The molecule has 6 heteroatoms. The van der Waals surface area contributed by atoms with Crippen LogP contribution in [0.15, 0.2) is 48.7 Å². The number of piperidine rings is 1. The van der Waals surface area contributed by atoms with Gasteiger partial charge in [0.2, 0.25) is 5.91 Å². The Morgan fingerprint density at radius 2 is 1.96 bits per heavy atom. The predicted octanol–water partition coefficient (Wildman–Crippen LogP) is 2.15. The number of benzene rings is 1. The van der Waals surface area contributed by atoms with Gasteiger partial charge in [0.05, 0.1) is 17.8 Å². The zero-order valence-electron chi connectivity index (χ0n) is 13.3. The third-order valence-corrected chi connectivity index (χ3v) is 4.15. The number of nitrogen functional groups attached to an aromatic ring is 1. The average Bonchev–Trinajstić information content (AvgIpc) is 2.64. The van der Waals surface area contributed by atoms with Gasteiger partial charge < -0.3 is 16.0 Å². The van der Waals surface area contributed by atoms with Crippen molar-refractivity contribution in [2.45, 2.75) is 12.8 Å². The number of rotatable bonds is 3. The first-order chi connectivity index (χ1) is 11.6. The number of hydrogen-bond donors (Lipinski definition) is 2. The maximum absolute atomic E-state index is 12.5. The summed E-state index contributed by atoms with van der Waals surface area (Å²) in [5.41, 5.74) is 6.80.